The van der Waals surface area contributed by atoms with E-state index in [1.807, 2.05) is 18.4 Å². The fourth-order valence-electron chi connectivity index (χ4n) is 1.72. The van der Waals surface area contributed by atoms with Crippen LogP contribution in [-0.4, -0.2) is 17.1 Å². The standard InChI is InChI=1S/C14H10Cl2O2S/c1-19-12-5-3-2-4-9(12)13(17)10-6-8(15)7-11(16)14(10)18/h2-7,18H,1H3. The minimum absolute atomic E-state index is 0.0671. The van der Waals surface area contributed by atoms with Gasteiger partial charge in [-0.15, -0.1) is 11.8 Å². The van der Waals surface area contributed by atoms with Gasteiger partial charge in [0.1, 0.15) is 5.75 Å². The molecule has 2 aromatic rings. The number of aromatic hydroxyl groups is 1. The van der Waals surface area contributed by atoms with Gasteiger partial charge in [-0.3, -0.25) is 4.79 Å². The van der Waals surface area contributed by atoms with E-state index in [1.165, 1.54) is 23.9 Å². The Hall–Kier alpha value is -1.16. The van der Waals surface area contributed by atoms with Crippen LogP contribution < -0.4 is 0 Å². The van der Waals surface area contributed by atoms with E-state index in [4.69, 9.17) is 23.2 Å². The van der Waals surface area contributed by atoms with Gasteiger partial charge in [0.25, 0.3) is 0 Å². The average Bonchev–Trinajstić information content (AvgIpc) is 2.42. The number of halogens is 2. The maximum absolute atomic E-state index is 12.5. The second-order valence-electron chi connectivity index (χ2n) is 3.81. The van der Waals surface area contributed by atoms with Crippen LogP contribution in [0.1, 0.15) is 15.9 Å². The zero-order valence-corrected chi connectivity index (χ0v) is 12.3. The summed E-state index contributed by atoms with van der Waals surface area (Å²) in [6.45, 7) is 0. The third-order valence-corrected chi connectivity index (χ3v) is 3.93. The number of phenols is 1. The van der Waals surface area contributed by atoms with E-state index in [9.17, 15) is 9.90 Å². The summed E-state index contributed by atoms with van der Waals surface area (Å²) in [7, 11) is 0. The largest absolute Gasteiger partial charge is 0.506 e. The van der Waals surface area contributed by atoms with Crippen LogP contribution in [0.4, 0.5) is 0 Å². The monoisotopic (exact) mass is 312 g/mol. The Morgan fingerprint density at radius 2 is 1.84 bits per heavy atom. The lowest BCUT2D eigenvalue weighted by Gasteiger charge is -2.09. The van der Waals surface area contributed by atoms with E-state index in [1.54, 1.807) is 12.1 Å². The van der Waals surface area contributed by atoms with E-state index in [0.717, 1.165) is 4.90 Å². The number of benzene rings is 2. The van der Waals surface area contributed by atoms with Crippen molar-refractivity contribution in [3.05, 3.63) is 57.6 Å². The van der Waals surface area contributed by atoms with E-state index in [2.05, 4.69) is 0 Å². The molecule has 0 bridgehead atoms. The highest BCUT2D eigenvalue weighted by Gasteiger charge is 2.19. The summed E-state index contributed by atoms with van der Waals surface area (Å²) in [5.74, 6) is -0.543. The first-order valence-corrected chi connectivity index (χ1v) is 7.38. The topological polar surface area (TPSA) is 37.3 Å². The Balaban J connectivity index is 2.56. The molecule has 0 amide bonds. The molecule has 0 radical (unpaired) electrons. The molecule has 0 fully saturated rings. The molecule has 0 unspecified atom stereocenters. The normalized spacial score (nSPS) is 10.5. The number of carbonyl (C=O) groups excluding carboxylic acids is 1. The van der Waals surface area contributed by atoms with Crippen LogP contribution in [0.5, 0.6) is 5.75 Å². The van der Waals surface area contributed by atoms with Gasteiger partial charge < -0.3 is 5.11 Å². The summed E-state index contributed by atoms with van der Waals surface area (Å²) >= 11 is 13.2. The minimum Gasteiger partial charge on any atom is -0.506 e. The molecule has 1 N–H and O–H groups in total. The number of thioether (sulfide) groups is 1. The Labute approximate surface area is 125 Å². The zero-order valence-electron chi connectivity index (χ0n) is 9.98. The fourth-order valence-corrected chi connectivity index (χ4v) is 2.81. The molecule has 2 aromatic carbocycles. The molecule has 19 heavy (non-hydrogen) atoms. The second kappa shape index (κ2) is 5.87. The summed E-state index contributed by atoms with van der Waals surface area (Å²) in [6, 6.07) is 10.0. The number of phenolic OH excluding ortho intramolecular Hbond substituents is 1. The summed E-state index contributed by atoms with van der Waals surface area (Å²) in [4.78, 5) is 13.3. The molecule has 98 valence electrons. The molecular weight excluding hydrogens is 303 g/mol. The first kappa shape index (κ1) is 14.3. The molecule has 0 aliphatic carbocycles. The highest BCUT2D eigenvalue weighted by Crippen LogP contribution is 2.34. The van der Waals surface area contributed by atoms with Crippen LogP contribution in [-0.2, 0) is 0 Å². The number of hydrogen-bond acceptors (Lipinski definition) is 3. The second-order valence-corrected chi connectivity index (χ2v) is 5.50. The summed E-state index contributed by atoms with van der Waals surface area (Å²) in [6.07, 6.45) is 1.89. The van der Waals surface area contributed by atoms with E-state index in [0.29, 0.717) is 10.6 Å². The van der Waals surface area contributed by atoms with Gasteiger partial charge in [-0.05, 0) is 30.5 Å². The van der Waals surface area contributed by atoms with Crippen LogP contribution in [0.2, 0.25) is 10.0 Å². The molecule has 0 aromatic heterocycles. The van der Waals surface area contributed by atoms with Crippen LogP contribution in [0.3, 0.4) is 0 Å². The molecule has 0 saturated heterocycles. The Morgan fingerprint density at radius 3 is 2.53 bits per heavy atom. The lowest BCUT2D eigenvalue weighted by atomic mass is 10.0. The smallest absolute Gasteiger partial charge is 0.197 e. The molecule has 0 heterocycles. The molecule has 2 rings (SSSR count). The van der Waals surface area contributed by atoms with Gasteiger partial charge in [-0.1, -0.05) is 35.3 Å². The third kappa shape index (κ3) is 2.89. The first-order valence-electron chi connectivity index (χ1n) is 5.40. The van der Waals surface area contributed by atoms with Crippen molar-refractivity contribution in [2.45, 2.75) is 4.90 Å². The number of hydrogen-bond donors (Lipinski definition) is 1. The van der Waals surface area contributed by atoms with E-state index in [-0.39, 0.29) is 22.1 Å². The van der Waals surface area contributed by atoms with Crippen molar-refractivity contribution in [3.8, 4) is 5.75 Å². The summed E-state index contributed by atoms with van der Waals surface area (Å²) in [5.41, 5.74) is 0.627. The van der Waals surface area contributed by atoms with Crippen molar-refractivity contribution in [2.24, 2.45) is 0 Å². The highest BCUT2D eigenvalue weighted by molar-refractivity contribution is 7.98. The number of ketones is 1. The van der Waals surface area contributed by atoms with Crippen LogP contribution in [0, 0.1) is 0 Å². The molecule has 0 saturated carbocycles. The first-order chi connectivity index (χ1) is 9.04. The lowest BCUT2D eigenvalue weighted by Crippen LogP contribution is -2.03. The van der Waals surface area contributed by atoms with Crippen molar-refractivity contribution in [2.75, 3.05) is 6.26 Å². The average molecular weight is 313 g/mol. The minimum atomic E-state index is -0.299. The SMILES string of the molecule is CSc1ccccc1C(=O)c1cc(Cl)cc(Cl)c1O. The molecule has 2 nitrogen and oxygen atoms in total. The van der Waals surface area contributed by atoms with E-state index < -0.39 is 0 Å². The zero-order chi connectivity index (χ0) is 14.0. The number of rotatable bonds is 3. The number of carbonyl (C=O) groups is 1. The molecule has 0 aliphatic heterocycles. The van der Waals surface area contributed by atoms with Gasteiger partial charge in [0.2, 0.25) is 0 Å². The van der Waals surface area contributed by atoms with Gasteiger partial charge in [0.15, 0.2) is 5.78 Å². The molecule has 0 aliphatic rings. The highest BCUT2D eigenvalue weighted by atomic mass is 35.5. The lowest BCUT2D eigenvalue weighted by molar-refractivity contribution is 0.103. The molecule has 0 spiro atoms. The van der Waals surface area contributed by atoms with Crippen LogP contribution in [0.15, 0.2) is 41.3 Å². The van der Waals surface area contributed by atoms with Gasteiger partial charge in [0, 0.05) is 15.5 Å². The Bertz CT molecular complexity index is 641. The van der Waals surface area contributed by atoms with Gasteiger partial charge in [-0.25, -0.2) is 0 Å². The van der Waals surface area contributed by atoms with Crippen molar-refractivity contribution in [3.63, 3.8) is 0 Å². The van der Waals surface area contributed by atoms with Crippen LogP contribution >= 0.6 is 35.0 Å². The van der Waals surface area contributed by atoms with E-state index >= 15 is 0 Å². The maximum Gasteiger partial charge on any atom is 0.197 e. The summed E-state index contributed by atoms with van der Waals surface area (Å²) < 4.78 is 0. The quantitative estimate of drug-likeness (QED) is 0.662. The Kier molecular flexibility index (Phi) is 4.40. The van der Waals surface area contributed by atoms with Crippen molar-refractivity contribution in [1.29, 1.82) is 0 Å². The van der Waals surface area contributed by atoms with Crippen molar-refractivity contribution < 1.29 is 9.90 Å². The maximum atomic E-state index is 12.5. The van der Waals surface area contributed by atoms with Gasteiger partial charge in [-0.2, -0.15) is 0 Å². The van der Waals surface area contributed by atoms with Crippen LogP contribution in [0.25, 0.3) is 0 Å². The molecule has 5 heteroatoms. The molecule has 0 atom stereocenters. The van der Waals surface area contributed by atoms with Crippen molar-refractivity contribution >= 4 is 40.7 Å². The van der Waals surface area contributed by atoms with Gasteiger partial charge in [0.05, 0.1) is 10.6 Å². The third-order valence-electron chi connectivity index (χ3n) is 2.62. The van der Waals surface area contributed by atoms with Crippen molar-refractivity contribution in [1.82, 2.24) is 0 Å². The predicted octanol–water partition coefficient (Wildman–Crippen LogP) is 4.65. The van der Waals surface area contributed by atoms with Gasteiger partial charge >= 0.3 is 0 Å². The molecular formula is C14H10Cl2O2S. The Morgan fingerprint density at radius 1 is 1.16 bits per heavy atom. The fraction of sp³-hybridized carbons (Fsp3) is 0.0714. The summed E-state index contributed by atoms with van der Waals surface area (Å²) in [5, 5.41) is 10.3. The predicted molar refractivity (Wildman–Crippen MR) is 79.8 cm³/mol.